The van der Waals surface area contributed by atoms with Crippen molar-refractivity contribution in [3.8, 4) is 11.4 Å². The number of aromatic nitrogens is 3. The molecular weight excluding hydrogens is 451 g/mol. The number of hydrogen-bond acceptors (Lipinski definition) is 5. The number of anilines is 1. The number of thioether (sulfide) groups is 1. The first-order chi connectivity index (χ1) is 15.5. The predicted octanol–water partition coefficient (Wildman–Crippen LogP) is 5.52. The van der Waals surface area contributed by atoms with Crippen LogP contribution in [0.15, 0.2) is 76.5 Å². The minimum atomic E-state index is -0.340. The van der Waals surface area contributed by atoms with Crippen LogP contribution in [0, 0.1) is 5.82 Å². The summed E-state index contributed by atoms with van der Waals surface area (Å²) in [4.78, 5) is 14.5. The van der Waals surface area contributed by atoms with Crippen molar-refractivity contribution in [2.75, 3.05) is 17.2 Å². The van der Waals surface area contributed by atoms with Crippen molar-refractivity contribution in [1.82, 2.24) is 14.8 Å². The van der Waals surface area contributed by atoms with E-state index in [2.05, 4.69) is 10.2 Å². The van der Waals surface area contributed by atoms with Crippen LogP contribution in [-0.4, -0.2) is 33.0 Å². The summed E-state index contributed by atoms with van der Waals surface area (Å²) in [5.41, 5.74) is 1.51. The van der Waals surface area contributed by atoms with Gasteiger partial charge in [-0.15, -0.1) is 10.2 Å². The van der Waals surface area contributed by atoms with Gasteiger partial charge in [-0.1, -0.05) is 23.4 Å². The third-order valence-electron chi connectivity index (χ3n) is 4.79. The molecule has 1 amide bonds. The van der Waals surface area contributed by atoms with E-state index in [0.717, 1.165) is 11.3 Å². The highest BCUT2D eigenvalue weighted by molar-refractivity contribution is 7.99. The third kappa shape index (κ3) is 5.03. The molecule has 2 heterocycles. The number of benzene rings is 2. The van der Waals surface area contributed by atoms with Gasteiger partial charge in [-0.2, -0.15) is 0 Å². The number of carbonyl (C=O) groups excluding carboxylic acids is 1. The average molecular weight is 471 g/mol. The van der Waals surface area contributed by atoms with Crippen LogP contribution in [0.3, 0.4) is 0 Å². The molecule has 0 spiro atoms. The van der Waals surface area contributed by atoms with Crippen molar-refractivity contribution in [1.29, 1.82) is 0 Å². The number of amides is 1. The van der Waals surface area contributed by atoms with Crippen LogP contribution >= 0.6 is 23.4 Å². The second kappa shape index (κ2) is 10.0. The molecule has 9 heteroatoms. The monoisotopic (exact) mass is 470 g/mol. The van der Waals surface area contributed by atoms with Gasteiger partial charge in [0.25, 0.3) is 0 Å². The molecule has 0 aliphatic rings. The van der Waals surface area contributed by atoms with E-state index in [1.807, 2.05) is 35.8 Å². The number of carbonyl (C=O) groups is 1. The van der Waals surface area contributed by atoms with E-state index in [4.69, 9.17) is 16.0 Å². The summed E-state index contributed by atoms with van der Waals surface area (Å²) in [6.45, 7) is 2.77. The molecule has 6 nitrogen and oxygen atoms in total. The molecule has 0 saturated carbocycles. The summed E-state index contributed by atoms with van der Waals surface area (Å²) in [5, 5.41) is 9.89. The first kappa shape index (κ1) is 22.1. The van der Waals surface area contributed by atoms with Crippen molar-refractivity contribution in [3.63, 3.8) is 0 Å². The van der Waals surface area contributed by atoms with E-state index in [0.29, 0.717) is 34.8 Å². The fourth-order valence-corrected chi connectivity index (χ4v) is 4.18. The molecule has 0 unspecified atom stereocenters. The summed E-state index contributed by atoms with van der Waals surface area (Å²) < 4.78 is 20.7. The van der Waals surface area contributed by atoms with E-state index in [-0.39, 0.29) is 17.5 Å². The molecule has 2 aromatic heterocycles. The largest absolute Gasteiger partial charge is 0.467 e. The minimum absolute atomic E-state index is 0.107. The summed E-state index contributed by atoms with van der Waals surface area (Å²) in [6.07, 6.45) is 1.61. The number of halogens is 2. The molecule has 0 fully saturated rings. The zero-order valence-corrected chi connectivity index (χ0v) is 18.8. The molecule has 4 aromatic rings. The van der Waals surface area contributed by atoms with Crippen molar-refractivity contribution >= 4 is 35.0 Å². The van der Waals surface area contributed by atoms with Crippen LogP contribution in [0.4, 0.5) is 10.1 Å². The molecule has 0 aliphatic carbocycles. The van der Waals surface area contributed by atoms with Gasteiger partial charge in [0.2, 0.25) is 5.91 Å². The SMILES string of the molecule is CCN(C(=O)CSc1nnc(-c2ccc(Cl)cc2)n1Cc1ccco1)c1ccc(F)cc1. The summed E-state index contributed by atoms with van der Waals surface area (Å²) >= 11 is 7.31. The van der Waals surface area contributed by atoms with E-state index in [1.165, 1.54) is 23.9 Å². The smallest absolute Gasteiger partial charge is 0.237 e. The highest BCUT2D eigenvalue weighted by atomic mass is 35.5. The van der Waals surface area contributed by atoms with Gasteiger partial charge in [0.05, 0.1) is 18.6 Å². The topological polar surface area (TPSA) is 64.2 Å². The van der Waals surface area contributed by atoms with E-state index in [9.17, 15) is 9.18 Å². The third-order valence-corrected chi connectivity index (χ3v) is 6.00. The Bertz CT molecular complexity index is 1180. The van der Waals surface area contributed by atoms with Crippen LogP contribution in [0.5, 0.6) is 0 Å². The number of hydrogen-bond donors (Lipinski definition) is 0. The van der Waals surface area contributed by atoms with Crippen molar-refractivity contribution in [2.24, 2.45) is 0 Å². The summed E-state index contributed by atoms with van der Waals surface area (Å²) in [7, 11) is 0. The molecule has 0 aliphatic heterocycles. The highest BCUT2D eigenvalue weighted by Gasteiger charge is 2.19. The first-order valence-electron chi connectivity index (χ1n) is 9.95. The normalized spacial score (nSPS) is 11.0. The lowest BCUT2D eigenvalue weighted by atomic mass is 10.2. The van der Waals surface area contributed by atoms with Gasteiger partial charge in [-0.3, -0.25) is 9.36 Å². The Labute approximate surface area is 194 Å². The standard InChI is InChI=1S/C23H20ClFN4O2S/c1-2-28(19-11-9-18(25)10-12-19)21(30)15-32-23-27-26-22(16-5-7-17(24)8-6-16)29(23)14-20-4-3-13-31-20/h3-13H,2,14-15H2,1H3. The maximum atomic E-state index is 13.2. The maximum Gasteiger partial charge on any atom is 0.237 e. The fraction of sp³-hybridized carbons (Fsp3) is 0.174. The molecule has 4 rings (SSSR count). The van der Waals surface area contributed by atoms with Crippen LogP contribution in [0.2, 0.25) is 5.02 Å². The van der Waals surface area contributed by atoms with Gasteiger partial charge < -0.3 is 9.32 Å². The predicted molar refractivity (Wildman–Crippen MR) is 123 cm³/mol. The Kier molecular flexibility index (Phi) is 6.92. The van der Waals surface area contributed by atoms with Crippen molar-refractivity contribution in [2.45, 2.75) is 18.6 Å². The van der Waals surface area contributed by atoms with Gasteiger partial charge in [0, 0.05) is 22.8 Å². The quantitative estimate of drug-likeness (QED) is 0.317. The van der Waals surface area contributed by atoms with E-state index >= 15 is 0 Å². The zero-order chi connectivity index (χ0) is 22.5. The molecule has 32 heavy (non-hydrogen) atoms. The number of rotatable bonds is 8. The molecule has 164 valence electrons. The summed E-state index contributed by atoms with van der Waals surface area (Å²) in [5.74, 6) is 1.10. The Morgan fingerprint density at radius 3 is 2.53 bits per heavy atom. The average Bonchev–Trinajstić information content (AvgIpc) is 3.45. The molecule has 0 bridgehead atoms. The lowest BCUT2D eigenvalue weighted by Crippen LogP contribution is -2.32. The van der Waals surface area contributed by atoms with Gasteiger partial charge in [-0.05, 0) is 67.6 Å². The number of nitrogens with zero attached hydrogens (tertiary/aromatic N) is 4. The first-order valence-corrected chi connectivity index (χ1v) is 11.3. The minimum Gasteiger partial charge on any atom is -0.467 e. The van der Waals surface area contributed by atoms with Gasteiger partial charge >= 0.3 is 0 Å². The second-order valence-corrected chi connectivity index (χ2v) is 8.26. The molecule has 0 N–H and O–H groups in total. The Morgan fingerprint density at radius 2 is 1.88 bits per heavy atom. The molecule has 2 aromatic carbocycles. The second-order valence-electron chi connectivity index (χ2n) is 6.88. The Balaban J connectivity index is 1.56. The highest BCUT2D eigenvalue weighted by Crippen LogP contribution is 2.27. The summed E-state index contributed by atoms with van der Waals surface area (Å²) in [6, 6.07) is 16.9. The van der Waals surface area contributed by atoms with Crippen molar-refractivity contribution < 1.29 is 13.6 Å². The van der Waals surface area contributed by atoms with E-state index < -0.39 is 0 Å². The van der Waals surface area contributed by atoms with Crippen LogP contribution in [0.1, 0.15) is 12.7 Å². The molecule has 0 saturated heterocycles. The van der Waals surface area contributed by atoms with Crippen LogP contribution in [0.25, 0.3) is 11.4 Å². The Hall–Kier alpha value is -3.10. The van der Waals surface area contributed by atoms with Gasteiger partial charge in [-0.25, -0.2) is 4.39 Å². The molecule has 0 atom stereocenters. The lowest BCUT2D eigenvalue weighted by molar-refractivity contribution is -0.116. The van der Waals surface area contributed by atoms with Crippen molar-refractivity contribution in [3.05, 3.63) is 83.5 Å². The van der Waals surface area contributed by atoms with Crippen LogP contribution < -0.4 is 4.90 Å². The number of furan rings is 1. The Morgan fingerprint density at radius 1 is 1.12 bits per heavy atom. The fourth-order valence-electron chi connectivity index (χ4n) is 3.24. The lowest BCUT2D eigenvalue weighted by Gasteiger charge is -2.20. The van der Waals surface area contributed by atoms with Crippen LogP contribution in [-0.2, 0) is 11.3 Å². The van der Waals surface area contributed by atoms with Gasteiger partial charge in [0.1, 0.15) is 11.6 Å². The zero-order valence-electron chi connectivity index (χ0n) is 17.2. The maximum absolute atomic E-state index is 13.2. The molecular formula is C23H20ClFN4O2S. The van der Waals surface area contributed by atoms with E-state index in [1.54, 1.807) is 35.4 Å². The molecule has 0 radical (unpaired) electrons. The van der Waals surface area contributed by atoms with Gasteiger partial charge in [0.15, 0.2) is 11.0 Å².